The van der Waals surface area contributed by atoms with Crippen molar-refractivity contribution in [3.05, 3.63) is 0 Å². The second-order valence-corrected chi connectivity index (χ2v) is 6.47. The van der Waals surface area contributed by atoms with Gasteiger partial charge in [-0.25, -0.2) is 0 Å². The molecular weight excluding hydrogens is 206 g/mol. The van der Waals surface area contributed by atoms with Crippen LogP contribution in [0.15, 0.2) is 0 Å². The minimum absolute atomic E-state index is 0.529. The lowest BCUT2D eigenvalue weighted by Crippen LogP contribution is -2.32. The predicted octanol–water partition coefficient (Wildman–Crippen LogP) is 4.50. The van der Waals surface area contributed by atoms with E-state index >= 15 is 0 Å². The highest BCUT2D eigenvalue weighted by Gasteiger charge is 2.43. The molecule has 2 saturated carbocycles. The monoisotopic (exact) mass is 237 g/mol. The van der Waals surface area contributed by atoms with Gasteiger partial charge in [0.1, 0.15) is 0 Å². The minimum Gasteiger partial charge on any atom is -0.327 e. The molecule has 2 aliphatic rings. The van der Waals surface area contributed by atoms with Crippen molar-refractivity contribution < 1.29 is 0 Å². The van der Waals surface area contributed by atoms with Gasteiger partial charge in [-0.15, -0.1) is 0 Å². The molecule has 0 aromatic heterocycles. The molecule has 1 nitrogen and oxygen atoms in total. The Hall–Kier alpha value is -0.0400. The average molecular weight is 237 g/mol. The molecule has 2 rings (SSSR count). The Bertz CT molecular complexity index is 194. The van der Waals surface area contributed by atoms with Crippen LogP contribution >= 0.6 is 0 Å². The SMILES string of the molecule is CCCCCCCCC(N)C(C1CC1)C1CC1. The molecule has 100 valence electrons. The van der Waals surface area contributed by atoms with Crippen molar-refractivity contribution in [3.63, 3.8) is 0 Å². The number of hydrogen-bond acceptors (Lipinski definition) is 1. The third kappa shape index (κ3) is 4.62. The van der Waals surface area contributed by atoms with Crippen LogP contribution in [0.5, 0.6) is 0 Å². The summed E-state index contributed by atoms with van der Waals surface area (Å²) in [5.74, 6) is 2.96. The fraction of sp³-hybridized carbons (Fsp3) is 1.00. The summed E-state index contributed by atoms with van der Waals surface area (Å²) in [5.41, 5.74) is 6.44. The summed E-state index contributed by atoms with van der Waals surface area (Å²) in [6.45, 7) is 2.28. The normalized spacial score (nSPS) is 22.1. The first-order chi connectivity index (χ1) is 8.33. The lowest BCUT2D eigenvalue weighted by atomic mass is 9.87. The fourth-order valence-corrected chi connectivity index (χ4v) is 3.40. The summed E-state index contributed by atoms with van der Waals surface area (Å²) in [7, 11) is 0. The van der Waals surface area contributed by atoms with E-state index in [1.165, 1.54) is 70.6 Å². The van der Waals surface area contributed by atoms with Gasteiger partial charge in [0.2, 0.25) is 0 Å². The van der Waals surface area contributed by atoms with Crippen LogP contribution in [0.1, 0.15) is 77.6 Å². The van der Waals surface area contributed by atoms with Gasteiger partial charge in [0, 0.05) is 6.04 Å². The molecular formula is C16H31N. The maximum Gasteiger partial charge on any atom is 0.00724 e. The summed E-state index contributed by atoms with van der Waals surface area (Å²) in [4.78, 5) is 0. The zero-order chi connectivity index (χ0) is 12.1. The fourth-order valence-electron chi connectivity index (χ4n) is 3.40. The number of nitrogens with two attached hydrogens (primary N) is 1. The molecule has 17 heavy (non-hydrogen) atoms. The van der Waals surface area contributed by atoms with Gasteiger partial charge in [0.05, 0.1) is 0 Å². The van der Waals surface area contributed by atoms with E-state index in [9.17, 15) is 0 Å². The summed E-state index contributed by atoms with van der Waals surface area (Å²) in [5, 5.41) is 0. The Labute approximate surface area is 108 Å². The van der Waals surface area contributed by atoms with Crippen molar-refractivity contribution >= 4 is 0 Å². The Morgan fingerprint density at radius 3 is 1.94 bits per heavy atom. The van der Waals surface area contributed by atoms with Crippen molar-refractivity contribution in [1.82, 2.24) is 0 Å². The minimum atomic E-state index is 0.529. The molecule has 0 aromatic carbocycles. The van der Waals surface area contributed by atoms with Gasteiger partial charge < -0.3 is 5.73 Å². The maximum atomic E-state index is 6.44. The standard InChI is InChI=1S/C16H31N/c1-2-3-4-5-6-7-8-15(17)16(13-9-10-13)14-11-12-14/h13-16H,2-12,17H2,1H3. The second-order valence-electron chi connectivity index (χ2n) is 6.47. The molecule has 0 bridgehead atoms. The second kappa shape index (κ2) is 6.78. The van der Waals surface area contributed by atoms with Crippen LogP contribution in [0.3, 0.4) is 0 Å². The quantitative estimate of drug-likeness (QED) is 0.556. The molecule has 1 unspecified atom stereocenters. The number of hydrogen-bond donors (Lipinski definition) is 1. The molecule has 2 fully saturated rings. The zero-order valence-electron chi connectivity index (χ0n) is 11.7. The van der Waals surface area contributed by atoms with Crippen LogP contribution < -0.4 is 5.73 Å². The molecule has 0 saturated heterocycles. The lowest BCUT2D eigenvalue weighted by Gasteiger charge is -2.23. The van der Waals surface area contributed by atoms with Crippen LogP contribution in [0.2, 0.25) is 0 Å². The van der Waals surface area contributed by atoms with E-state index in [-0.39, 0.29) is 0 Å². The van der Waals surface area contributed by atoms with Crippen LogP contribution in [0.4, 0.5) is 0 Å². The molecule has 0 aliphatic heterocycles. The van der Waals surface area contributed by atoms with Crippen molar-refractivity contribution in [2.24, 2.45) is 23.5 Å². The summed E-state index contributed by atoms with van der Waals surface area (Å²) in [6, 6.07) is 0.529. The summed E-state index contributed by atoms with van der Waals surface area (Å²) >= 11 is 0. The molecule has 0 spiro atoms. The Balaban J connectivity index is 1.54. The molecule has 0 radical (unpaired) electrons. The average Bonchev–Trinajstić information content (AvgIpc) is 3.16. The molecule has 1 heteroatoms. The molecule has 0 amide bonds. The van der Waals surface area contributed by atoms with E-state index in [1.807, 2.05) is 0 Å². The predicted molar refractivity (Wildman–Crippen MR) is 74.9 cm³/mol. The third-order valence-electron chi connectivity index (χ3n) is 4.72. The Morgan fingerprint density at radius 1 is 0.882 bits per heavy atom. The van der Waals surface area contributed by atoms with Crippen LogP contribution in [0.25, 0.3) is 0 Å². The van der Waals surface area contributed by atoms with E-state index < -0.39 is 0 Å². The van der Waals surface area contributed by atoms with Gasteiger partial charge in [-0.05, 0) is 49.9 Å². The number of rotatable bonds is 10. The topological polar surface area (TPSA) is 26.0 Å². The van der Waals surface area contributed by atoms with Gasteiger partial charge in [0.25, 0.3) is 0 Å². The Kier molecular flexibility index (Phi) is 5.34. The largest absolute Gasteiger partial charge is 0.327 e. The van der Waals surface area contributed by atoms with E-state index in [4.69, 9.17) is 5.73 Å². The maximum absolute atomic E-state index is 6.44. The zero-order valence-corrected chi connectivity index (χ0v) is 11.7. The number of unbranched alkanes of at least 4 members (excludes halogenated alkanes) is 5. The molecule has 1 atom stereocenters. The van der Waals surface area contributed by atoms with Gasteiger partial charge in [-0.2, -0.15) is 0 Å². The van der Waals surface area contributed by atoms with Crippen molar-refractivity contribution in [1.29, 1.82) is 0 Å². The first-order valence-electron chi connectivity index (χ1n) is 8.08. The highest BCUT2D eigenvalue weighted by Crippen LogP contribution is 2.50. The third-order valence-corrected chi connectivity index (χ3v) is 4.72. The van der Waals surface area contributed by atoms with E-state index in [0.717, 1.165) is 17.8 Å². The lowest BCUT2D eigenvalue weighted by molar-refractivity contribution is 0.310. The van der Waals surface area contributed by atoms with Gasteiger partial charge >= 0.3 is 0 Å². The smallest absolute Gasteiger partial charge is 0.00724 e. The molecule has 0 aromatic rings. The van der Waals surface area contributed by atoms with Crippen LogP contribution in [-0.4, -0.2) is 6.04 Å². The van der Waals surface area contributed by atoms with Crippen molar-refractivity contribution in [2.75, 3.05) is 0 Å². The molecule has 2 N–H and O–H groups in total. The van der Waals surface area contributed by atoms with Crippen molar-refractivity contribution in [2.45, 2.75) is 83.6 Å². The molecule has 0 heterocycles. The first kappa shape index (κ1) is 13.4. The van der Waals surface area contributed by atoms with E-state index in [0.29, 0.717) is 6.04 Å². The van der Waals surface area contributed by atoms with Crippen LogP contribution in [0, 0.1) is 17.8 Å². The van der Waals surface area contributed by atoms with E-state index in [1.54, 1.807) is 0 Å². The highest BCUT2D eigenvalue weighted by molar-refractivity contribution is 4.96. The summed E-state index contributed by atoms with van der Waals surface area (Å²) < 4.78 is 0. The van der Waals surface area contributed by atoms with Gasteiger partial charge in [-0.1, -0.05) is 45.4 Å². The summed E-state index contributed by atoms with van der Waals surface area (Å²) in [6.07, 6.45) is 15.6. The Morgan fingerprint density at radius 2 is 1.41 bits per heavy atom. The highest BCUT2D eigenvalue weighted by atomic mass is 14.7. The van der Waals surface area contributed by atoms with Crippen LogP contribution in [-0.2, 0) is 0 Å². The van der Waals surface area contributed by atoms with Gasteiger partial charge in [0.15, 0.2) is 0 Å². The van der Waals surface area contributed by atoms with Gasteiger partial charge in [-0.3, -0.25) is 0 Å². The van der Waals surface area contributed by atoms with Crippen molar-refractivity contribution in [3.8, 4) is 0 Å². The first-order valence-corrected chi connectivity index (χ1v) is 8.08. The molecule has 2 aliphatic carbocycles. The van der Waals surface area contributed by atoms with E-state index in [2.05, 4.69) is 6.92 Å².